The number of ether oxygens (including phenoxy) is 1. The summed E-state index contributed by atoms with van der Waals surface area (Å²) in [6.45, 7) is 20.2. The fraction of sp³-hybridized carbons (Fsp3) is 0.289. The predicted octanol–water partition coefficient (Wildman–Crippen LogP) is 12.5. The number of rotatable bonds is 8. The molecule has 5 heteroatoms. The Balaban J connectivity index is 1.31. The number of benzene rings is 4. The smallest absolute Gasteiger partial charge is 0.137 e. The molecule has 0 aliphatic carbocycles. The Morgan fingerprint density at radius 1 is 0.660 bits per heavy atom. The SMILES string of the molecule is CC(C)c1cc(Oc2ccc3c4ccccc4n(-c4cc(C(C)(C)C)ccn4)c3c2)cc(-n2cc(-c3c(C(C)C)cccc3C(C)C)cn2)c1. The first-order chi connectivity index (χ1) is 23.9. The van der Waals surface area contributed by atoms with Crippen molar-refractivity contribution in [2.75, 3.05) is 0 Å². The molecule has 0 N–H and O–H groups in total. The van der Waals surface area contributed by atoms with Gasteiger partial charge in [0, 0.05) is 40.9 Å². The lowest BCUT2D eigenvalue weighted by molar-refractivity contribution is 0.481. The molecule has 0 aliphatic heterocycles. The molecule has 0 saturated carbocycles. The van der Waals surface area contributed by atoms with Crippen molar-refractivity contribution in [2.24, 2.45) is 0 Å². The zero-order valence-corrected chi connectivity index (χ0v) is 30.8. The molecule has 0 unspecified atom stereocenters. The van der Waals surface area contributed by atoms with Crippen molar-refractivity contribution >= 4 is 21.8 Å². The van der Waals surface area contributed by atoms with Gasteiger partial charge in [-0.2, -0.15) is 5.10 Å². The van der Waals surface area contributed by atoms with Gasteiger partial charge in [0.05, 0.1) is 22.9 Å². The minimum atomic E-state index is 0.00766. The average molecular weight is 661 g/mol. The second-order valence-electron chi connectivity index (χ2n) is 15.5. The first-order valence-electron chi connectivity index (χ1n) is 17.9. The van der Waals surface area contributed by atoms with Crippen LogP contribution in [0.5, 0.6) is 11.5 Å². The Morgan fingerprint density at radius 2 is 1.38 bits per heavy atom. The summed E-state index contributed by atoms with van der Waals surface area (Å²) in [5.74, 6) is 3.58. The molecule has 0 fully saturated rings. The Bertz CT molecular complexity index is 2300. The van der Waals surface area contributed by atoms with Crippen LogP contribution in [0.25, 0.3) is 44.4 Å². The fourth-order valence-corrected chi connectivity index (χ4v) is 7.01. The Morgan fingerprint density at radius 3 is 2.08 bits per heavy atom. The standard InChI is InChI=1S/C45H48N4O/c1-28(2)31-21-34(48-27-32(26-47-48)44-37(29(3)4)14-12-15-38(44)30(5)6)24-36(22-31)50-35-17-18-40-39-13-10-11-16-41(39)49(42(40)25-35)43-23-33(19-20-46-43)45(7,8)9/h10-30H,1-9H3. The summed E-state index contributed by atoms with van der Waals surface area (Å²) in [6, 6.07) is 32.4. The molecule has 0 saturated heterocycles. The van der Waals surface area contributed by atoms with E-state index in [1.54, 1.807) is 0 Å². The summed E-state index contributed by atoms with van der Waals surface area (Å²) in [7, 11) is 0. The van der Waals surface area contributed by atoms with Crippen LogP contribution in [0.3, 0.4) is 0 Å². The van der Waals surface area contributed by atoms with Gasteiger partial charge in [-0.3, -0.25) is 4.57 Å². The Labute approximate surface area is 296 Å². The molecule has 3 heterocycles. The zero-order valence-electron chi connectivity index (χ0n) is 30.8. The molecule has 3 aromatic heterocycles. The minimum Gasteiger partial charge on any atom is -0.457 e. The van der Waals surface area contributed by atoms with E-state index in [1.807, 2.05) is 17.1 Å². The van der Waals surface area contributed by atoms with Gasteiger partial charge in [-0.05, 0) is 93.5 Å². The molecule has 0 spiro atoms. The van der Waals surface area contributed by atoms with Gasteiger partial charge in [0.25, 0.3) is 0 Å². The quantitative estimate of drug-likeness (QED) is 0.163. The Hall–Kier alpha value is -5.16. The van der Waals surface area contributed by atoms with Gasteiger partial charge in [-0.1, -0.05) is 98.7 Å². The summed E-state index contributed by atoms with van der Waals surface area (Å²) < 4.78 is 11.0. The highest BCUT2D eigenvalue weighted by atomic mass is 16.5. The van der Waals surface area contributed by atoms with Gasteiger partial charge in [0.2, 0.25) is 0 Å². The number of para-hydroxylation sites is 1. The van der Waals surface area contributed by atoms with E-state index in [4.69, 9.17) is 14.8 Å². The predicted molar refractivity (Wildman–Crippen MR) is 209 cm³/mol. The second-order valence-corrected chi connectivity index (χ2v) is 15.5. The van der Waals surface area contributed by atoms with Gasteiger partial charge in [-0.25, -0.2) is 9.67 Å². The largest absolute Gasteiger partial charge is 0.457 e. The van der Waals surface area contributed by atoms with Crippen LogP contribution in [0.4, 0.5) is 0 Å². The van der Waals surface area contributed by atoms with E-state index in [0.717, 1.165) is 39.6 Å². The Kier molecular flexibility index (Phi) is 8.63. The van der Waals surface area contributed by atoms with Crippen molar-refractivity contribution in [1.82, 2.24) is 19.3 Å². The normalized spacial score (nSPS) is 12.2. The highest BCUT2D eigenvalue weighted by molar-refractivity contribution is 6.09. The molecular weight excluding hydrogens is 613 g/mol. The monoisotopic (exact) mass is 660 g/mol. The molecule has 4 aromatic carbocycles. The highest BCUT2D eigenvalue weighted by Gasteiger charge is 2.20. The van der Waals surface area contributed by atoms with E-state index in [9.17, 15) is 0 Å². The van der Waals surface area contributed by atoms with Gasteiger partial charge in [0.15, 0.2) is 0 Å². The highest BCUT2D eigenvalue weighted by Crippen LogP contribution is 2.39. The van der Waals surface area contributed by atoms with E-state index in [-0.39, 0.29) is 5.41 Å². The van der Waals surface area contributed by atoms with E-state index >= 15 is 0 Å². The maximum absolute atomic E-state index is 6.72. The lowest BCUT2D eigenvalue weighted by atomic mass is 9.86. The number of fused-ring (bicyclic) bond motifs is 3. The number of hydrogen-bond acceptors (Lipinski definition) is 3. The van der Waals surface area contributed by atoms with E-state index in [2.05, 4.69) is 164 Å². The lowest BCUT2D eigenvalue weighted by Gasteiger charge is -2.20. The van der Waals surface area contributed by atoms with Crippen molar-refractivity contribution in [3.63, 3.8) is 0 Å². The summed E-state index contributed by atoms with van der Waals surface area (Å²) in [5, 5.41) is 7.25. The second kappa shape index (κ2) is 12.9. The van der Waals surface area contributed by atoms with Crippen molar-refractivity contribution in [3.8, 4) is 34.1 Å². The molecule has 7 rings (SSSR count). The van der Waals surface area contributed by atoms with E-state index in [0.29, 0.717) is 17.8 Å². The topological polar surface area (TPSA) is 44.9 Å². The zero-order chi connectivity index (χ0) is 35.3. The van der Waals surface area contributed by atoms with Gasteiger partial charge in [0.1, 0.15) is 17.3 Å². The molecule has 7 aromatic rings. The fourth-order valence-electron chi connectivity index (χ4n) is 7.01. The third-order valence-electron chi connectivity index (χ3n) is 9.81. The number of nitrogens with zero attached hydrogens (tertiary/aromatic N) is 4. The number of pyridine rings is 1. The molecule has 0 atom stereocenters. The first-order valence-corrected chi connectivity index (χ1v) is 17.9. The van der Waals surface area contributed by atoms with Gasteiger partial charge in [-0.15, -0.1) is 0 Å². The van der Waals surface area contributed by atoms with Gasteiger partial charge >= 0.3 is 0 Å². The van der Waals surface area contributed by atoms with Crippen LogP contribution in [0.15, 0.2) is 110 Å². The van der Waals surface area contributed by atoms with Crippen LogP contribution in [0, 0.1) is 0 Å². The minimum absolute atomic E-state index is 0.00766. The van der Waals surface area contributed by atoms with Crippen LogP contribution in [-0.4, -0.2) is 19.3 Å². The van der Waals surface area contributed by atoms with Crippen LogP contribution in [0.2, 0.25) is 0 Å². The molecular formula is C45H48N4O. The summed E-state index contributed by atoms with van der Waals surface area (Å²) in [5.41, 5.74) is 10.7. The summed E-state index contributed by atoms with van der Waals surface area (Å²) >= 11 is 0. The van der Waals surface area contributed by atoms with Gasteiger partial charge < -0.3 is 4.74 Å². The van der Waals surface area contributed by atoms with Crippen LogP contribution in [-0.2, 0) is 5.41 Å². The molecule has 0 bridgehead atoms. The molecule has 5 nitrogen and oxygen atoms in total. The average Bonchev–Trinajstić information content (AvgIpc) is 3.71. The lowest BCUT2D eigenvalue weighted by Crippen LogP contribution is -2.12. The molecule has 0 aliphatic rings. The maximum Gasteiger partial charge on any atom is 0.137 e. The van der Waals surface area contributed by atoms with E-state index in [1.165, 1.54) is 38.6 Å². The van der Waals surface area contributed by atoms with Crippen molar-refractivity contribution in [3.05, 3.63) is 132 Å². The number of aromatic nitrogens is 4. The summed E-state index contributed by atoms with van der Waals surface area (Å²) in [4.78, 5) is 4.85. The molecule has 50 heavy (non-hydrogen) atoms. The first kappa shape index (κ1) is 33.3. The molecule has 0 radical (unpaired) electrons. The van der Waals surface area contributed by atoms with Crippen LogP contribution >= 0.6 is 0 Å². The third kappa shape index (κ3) is 6.22. The van der Waals surface area contributed by atoms with Crippen molar-refractivity contribution in [1.29, 1.82) is 0 Å². The van der Waals surface area contributed by atoms with Crippen LogP contribution < -0.4 is 4.74 Å². The maximum atomic E-state index is 6.72. The van der Waals surface area contributed by atoms with Crippen LogP contribution in [0.1, 0.15) is 102 Å². The molecule has 254 valence electrons. The van der Waals surface area contributed by atoms with Crippen molar-refractivity contribution < 1.29 is 4.74 Å². The number of hydrogen-bond donors (Lipinski definition) is 0. The van der Waals surface area contributed by atoms with Crippen molar-refractivity contribution in [2.45, 2.75) is 85.5 Å². The van der Waals surface area contributed by atoms with E-state index < -0.39 is 0 Å². The third-order valence-corrected chi connectivity index (χ3v) is 9.81. The molecule has 0 amide bonds. The summed E-state index contributed by atoms with van der Waals surface area (Å²) in [6.07, 6.45) is 6.09.